The fraction of sp³-hybridized carbons (Fsp3) is 1.00. The van der Waals surface area contributed by atoms with Crippen LogP contribution < -0.4 is 5.32 Å². The van der Waals surface area contributed by atoms with E-state index in [9.17, 15) is 0 Å². The van der Waals surface area contributed by atoms with Crippen molar-refractivity contribution in [1.82, 2.24) is 10.2 Å². The van der Waals surface area contributed by atoms with Gasteiger partial charge in [0.15, 0.2) is 0 Å². The molecule has 0 aromatic carbocycles. The van der Waals surface area contributed by atoms with Gasteiger partial charge in [0.2, 0.25) is 0 Å². The summed E-state index contributed by atoms with van der Waals surface area (Å²) in [6.07, 6.45) is 17.1. The summed E-state index contributed by atoms with van der Waals surface area (Å²) in [4.78, 5) is 2.66. The average Bonchev–Trinajstić information content (AvgIpc) is 2.80. The molecule has 2 bridgehead atoms. The van der Waals surface area contributed by atoms with Crippen LogP contribution in [0.15, 0.2) is 0 Å². The minimum Gasteiger partial charge on any atom is -0.311 e. The number of nitrogens with one attached hydrogen (secondary N) is 1. The molecule has 2 unspecified atom stereocenters. The van der Waals surface area contributed by atoms with E-state index in [0.717, 1.165) is 18.1 Å². The van der Waals surface area contributed by atoms with Crippen LogP contribution in [0.3, 0.4) is 0 Å². The summed E-state index contributed by atoms with van der Waals surface area (Å²) in [7, 11) is 2.36. The molecule has 2 nitrogen and oxygen atoms in total. The Labute approximate surface area is 126 Å². The van der Waals surface area contributed by atoms with Gasteiger partial charge in [-0.25, -0.2) is 0 Å². The molecule has 2 atom stereocenters. The molecular weight excluding hydrogens is 244 g/mol. The zero-order valence-corrected chi connectivity index (χ0v) is 13.9. The van der Waals surface area contributed by atoms with Crippen molar-refractivity contribution in [3.63, 3.8) is 0 Å². The van der Waals surface area contributed by atoms with E-state index in [1.165, 1.54) is 83.6 Å². The second-order valence-electron chi connectivity index (χ2n) is 7.22. The number of rotatable bonds is 10. The highest BCUT2D eigenvalue weighted by molar-refractivity contribution is 4.95. The Morgan fingerprint density at radius 1 is 0.850 bits per heavy atom. The van der Waals surface area contributed by atoms with Crippen molar-refractivity contribution in [2.75, 3.05) is 13.6 Å². The van der Waals surface area contributed by atoms with Crippen LogP contribution in [-0.2, 0) is 0 Å². The molecule has 2 aliphatic rings. The van der Waals surface area contributed by atoms with Crippen LogP contribution in [0.1, 0.15) is 84.0 Å². The van der Waals surface area contributed by atoms with E-state index < -0.39 is 0 Å². The van der Waals surface area contributed by atoms with Gasteiger partial charge in [-0.1, -0.05) is 51.9 Å². The molecule has 118 valence electrons. The maximum absolute atomic E-state index is 3.75. The molecule has 2 heteroatoms. The summed E-state index contributed by atoms with van der Waals surface area (Å²) in [5, 5.41) is 3.75. The van der Waals surface area contributed by atoms with Crippen LogP contribution in [0.5, 0.6) is 0 Å². The SMILES string of the molecule is CCCCCCCCCCN(C)C1CC2CCC(C1)N2. The second kappa shape index (κ2) is 9.04. The van der Waals surface area contributed by atoms with Crippen molar-refractivity contribution in [1.29, 1.82) is 0 Å². The first-order chi connectivity index (χ1) is 9.79. The Balaban J connectivity index is 1.47. The number of nitrogens with zero attached hydrogens (tertiary/aromatic N) is 1. The first-order valence-corrected chi connectivity index (χ1v) is 9.26. The molecule has 2 aliphatic heterocycles. The van der Waals surface area contributed by atoms with E-state index in [-0.39, 0.29) is 0 Å². The van der Waals surface area contributed by atoms with E-state index in [4.69, 9.17) is 0 Å². The molecule has 20 heavy (non-hydrogen) atoms. The predicted molar refractivity (Wildman–Crippen MR) is 88.2 cm³/mol. The van der Waals surface area contributed by atoms with Gasteiger partial charge in [0.1, 0.15) is 0 Å². The summed E-state index contributed by atoms with van der Waals surface area (Å²) in [5.74, 6) is 0. The third kappa shape index (κ3) is 5.37. The van der Waals surface area contributed by atoms with Crippen LogP contribution in [0.4, 0.5) is 0 Å². The summed E-state index contributed by atoms with van der Waals surface area (Å²) in [5.41, 5.74) is 0. The van der Waals surface area contributed by atoms with E-state index >= 15 is 0 Å². The quantitative estimate of drug-likeness (QED) is 0.599. The molecule has 0 amide bonds. The number of piperidine rings is 1. The Kier molecular flexibility index (Phi) is 7.37. The fourth-order valence-corrected chi connectivity index (χ4v) is 4.06. The maximum Gasteiger partial charge on any atom is 0.0122 e. The van der Waals surface area contributed by atoms with E-state index in [2.05, 4.69) is 24.2 Å². The highest BCUT2D eigenvalue weighted by Gasteiger charge is 2.34. The van der Waals surface area contributed by atoms with Crippen molar-refractivity contribution in [2.45, 2.75) is 102 Å². The van der Waals surface area contributed by atoms with Crippen LogP contribution in [0, 0.1) is 0 Å². The van der Waals surface area contributed by atoms with Crippen molar-refractivity contribution >= 4 is 0 Å². The van der Waals surface area contributed by atoms with Gasteiger partial charge in [-0.2, -0.15) is 0 Å². The van der Waals surface area contributed by atoms with E-state index in [0.29, 0.717) is 0 Å². The lowest BCUT2D eigenvalue weighted by Crippen LogP contribution is -2.47. The first-order valence-electron chi connectivity index (χ1n) is 9.26. The topological polar surface area (TPSA) is 15.3 Å². The lowest BCUT2D eigenvalue weighted by molar-refractivity contribution is 0.169. The Bertz CT molecular complexity index is 242. The van der Waals surface area contributed by atoms with Crippen LogP contribution in [0.25, 0.3) is 0 Å². The lowest BCUT2D eigenvalue weighted by Gasteiger charge is -2.35. The Morgan fingerprint density at radius 2 is 1.40 bits per heavy atom. The zero-order valence-electron chi connectivity index (χ0n) is 13.9. The molecular formula is C18H36N2. The third-order valence-corrected chi connectivity index (χ3v) is 5.44. The van der Waals surface area contributed by atoms with Gasteiger partial charge in [0.25, 0.3) is 0 Å². The molecule has 0 radical (unpaired) electrons. The van der Waals surface area contributed by atoms with Gasteiger partial charge < -0.3 is 10.2 Å². The Morgan fingerprint density at radius 3 is 2.00 bits per heavy atom. The highest BCUT2D eigenvalue weighted by atomic mass is 15.2. The molecule has 0 spiro atoms. The van der Waals surface area contributed by atoms with Crippen LogP contribution >= 0.6 is 0 Å². The summed E-state index contributed by atoms with van der Waals surface area (Å²) in [6, 6.07) is 2.53. The number of fused-ring (bicyclic) bond motifs is 2. The largest absolute Gasteiger partial charge is 0.311 e. The summed E-state index contributed by atoms with van der Waals surface area (Å²) in [6.45, 7) is 3.61. The monoisotopic (exact) mass is 280 g/mol. The zero-order chi connectivity index (χ0) is 14.2. The maximum atomic E-state index is 3.75. The van der Waals surface area contributed by atoms with Crippen LogP contribution in [0.2, 0.25) is 0 Å². The third-order valence-electron chi connectivity index (χ3n) is 5.44. The second-order valence-corrected chi connectivity index (χ2v) is 7.22. The molecule has 0 saturated carbocycles. The minimum absolute atomic E-state index is 0.833. The van der Waals surface area contributed by atoms with Gasteiger partial charge >= 0.3 is 0 Å². The van der Waals surface area contributed by atoms with Crippen LogP contribution in [-0.4, -0.2) is 36.6 Å². The fourth-order valence-electron chi connectivity index (χ4n) is 4.06. The van der Waals surface area contributed by atoms with E-state index in [1.54, 1.807) is 0 Å². The summed E-state index contributed by atoms with van der Waals surface area (Å²) < 4.78 is 0. The summed E-state index contributed by atoms with van der Waals surface area (Å²) >= 11 is 0. The minimum atomic E-state index is 0.833. The molecule has 0 aromatic rings. The first kappa shape index (κ1) is 16.3. The molecule has 0 aromatic heterocycles. The van der Waals surface area contributed by atoms with Gasteiger partial charge in [0, 0.05) is 18.1 Å². The van der Waals surface area contributed by atoms with Crippen molar-refractivity contribution < 1.29 is 0 Å². The molecule has 2 rings (SSSR count). The normalized spacial score (nSPS) is 29.2. The molecule has 2 fully saturated rings. The highest BCUT2D eigenvalue weighted by Crippen LogP contribution is 2.29. The van der Waals surface area contributed by atoms with Crippen molar-refractivity contribution in [2.24, 2.45) is 0 Å². The van der Waals surface area contributed by atoms with E-state index in [1.807, 2.05) is 0 Å². The number of unbranched alkanes of at least 4 members (excludes halogenated alkanes) is 7. The number of hydrogen-bond donors (Lipinski definition) is 1. The van der Waals surface area contributed by atoms with Crippen molar-refractivity contribution in [3.05, 3.63) is 0 Å². The smallest absolute Gasteiger partial charge is 0.0122 e. The average molecular weight is 280 g/mol. The lowest BCUT2D eigenvalue weighted by atomic mass is 9.98. The standard InChI is InChI=1S/C18H36N2/c1-3-4-5-6-7-8-9-10-13-20(2)18-14-16-11-12-17(15-18)19-16/h16-19H,3-15H2,1-2H3. The van der Waals surface area contributed by atoms with Gasteiger partial charge in [-0.05, 0) is 45.7 Å². The predicted octanol–water partition coefficient (Wildman–Crippen LogP) is 4.34. The molecule has 0 aliphatic carbocycles. The molecule has 2 saturated heterocycles. The number of hydrogen-bond acceptors (Lipinski definition) is 2. The Hall–Kier alpha value is -0.0800. The van der Waals surface area contributed by atoms with Crippen molar-refractivity contribution in [3.8, 4) is 0 Å². The van der Waals surface area contributed by atoms with Gasteiger partial charge in [-0.3, -0.25) is 0 Å². The van der Waals surface area contributed by atoms with Gasteiger partial charge in [-0.15, -0.1) is 0 Å². The van der Waals surface area contributed by atoms with Gasteiger partial charge in [0.05, 0.1) is 0 Å². The molecule has 2 heterocycles. The molecule has 1 N–H and O–H groups in total.